The van der Waals surface area contributed by atoms with Crippen molar-refractivity contribution in [1.82, 2.24) is 0 Å². The third-order valence-electron chi connectivity index (χ3n) is 2.54. The first-order chi connectivity index (χ1) is 7.55. The van der Waals surface area contributed by atoms with Crippen LogP contribution in [0.1, 0.15) is 18.4 Å². The van der Waals surface area contributed by atoms with Crippen LogP contribution in [0.15, 0.2) is 43.5 Å². The molecule has 0 aliphatic heterocycles. The Morgan fingerprint density at radius 1 is 1.12 bits per heavy atom. The summed E-state index contributed by atoms with van der Waals surface area (Å²) in [4.78, 5) is 0. The minimum Gasteiger partial charge on any atom is -0.507 e. The first-order valence-corrected chi connectivity index (χ1v) is 5.07. The van der Waals surface area contributed by atoms with E-state index in [1.54, 1.807) is 18.2 Å². The van der Waals surface area contributed by atoms with E-state index in [4.69, 9.17) is 5.73 Å². The number of hydrogen-bond acceptors (Lipinski definition) is 3. The molecule has 0 unspecified atom stereocenters. The molecule has 0 bridgehead atoms. The Bertz CT molecular complexity index is 369. The van der Waals surface area contributed by atoms with E-state index in [9.17, 15) is 10.2 Å². The predicted octanol–water partition coefficient (Wildman–Crippen LogP) is 2.40. The summed E-state index contributed by atoms with van der Waals surface area (Å²) >= 11 is 0. The minimum absolute atomic E-state index is 0.00815. The highest BCUT2D eigenvalue weighted by atomic mass is 16.3. The zero-order valence-electron chi connectivity index (χ0n) is 9.19. The lowest BCUT2D eigenvalue weighted by Crippen LogP contribution is -2.35. The van der Waals surface area contributed by atoms with Gasteiger partial charge in [-0.1, -0.05) is 18.2 Å². The average molecular weight is 219 g/mol. The fourth-order valence-electron chi connectivity index (χ4n) is 1.84. The number of phenolic OH excluding ortho intramolecular Hbond substituents is 2. The fraction of sp³-hybridized carbons (Fsp3) is 0.231. The zero-order valence-corrected chi connectivity index (χ0v) is 9.19. The van der Waals surface area contributed by atoms with Crippen molar-refractivity contribution in [3.05, 3.63) is 49.1 Å². The summed E-state index contributed by atoms with van der Waals surface area (Å²) in [5.74, 6) is -0.0163. The topological polar surface area (TPSA) is 66.5 Å². The van der Waals surface area contributed by atoms with Crippen LogP contribution in [0, 0.1) is 0 Å². The molecule has 0 fully saturated rings. The van der Waals surface area contributed by atoms with Gasteiger partial charge in [0, 0.05) is 0 Å². The molecule has 0 saturated heterocycles. The summed E-state index contributed by atoms with van der Waals surface area (Å²) in [6, 6.07) is 4.57. The second kappa shape index (κ2) is 4.86. The number of rotatable bonds is 5. The van der Waals surface area contributed by atoms with Crippen LogP contribution >= 0.6 is 0 Å². The summed E-state index contributed by atoms with van der Waals surface area (Å²) in [7, 11) is 0. The average Bonchev–Trinajstić information content (AvgIpc) is 2.17. The highest BCUT2D eigenvalue weighted by molar-refractivity contribution is 5.48. The quantitative estimate of drug-likeness (QED) is 0.666. The highest BCUT2D eigenvalue weighted by Crippen LogP contribution is 2.39. The molecule has 0 spiro atoms. The molecule has 0 atom stereocenters. The van der Waals surface area contributed by atoms with Gasteiger partial charge in [-0.25, -0.2) is 0 Å². The molecular formula is C13H17NO2. The van der Waals surface area contributed by atoms with E-state index in [0.29, 0.717) is 18.4 Å². The van der Waals surface area contributed by atoms with Gasteiger partial charge in [0.1, 0.15) is 11.5 Å². The van der Waals surface area contributed by atoms with Gasteiger partial charge in [-0.3, -0.25) is 0 Å². The van der Waals surface area contributed by atoms with E-state index in [0.717, 1.165) is 0 Å². The lowest BCUT2D eigenvalue weighted by atomic mass is 9.83. The van der Waals surface area contributed by atoms with Gasteiger partial charge in [0.05, 0.1) is 11.1 Å². The summed E-state index contributed by atoms with van der Waals surface area (Å²) in [5.41, 5.74) is 5.66. The standard InChI is InChI=1S/C13H17NO2/c1-3-8-13(14,9-4-2)12-10(15)6-5-7-11(12)16/h3-7,15-16H,1-2,8-9,14H2. The number of benzene rings is 1. The molecule has 4 N–H and O–H groups in total. The molecule has 0 saturated carbocycles. The van der Waals surface area contributed by atoms with Crippen LogP contribution in [0.25, 0.3) is 0 Å². The van der Waals surface area contributed by atoms with Crippen molar-refractivity contribution in [2.75, 3.05) is 0 Å². The van der Waals surface area contributed by atoms with Crippen molar-refractivity contribution in [3.8, 4) is 11.5 Å². The molecule has 1 aromatic carbocycles. The Hall–Kier alpha value is -1.74. The van der Waals surface area contributed by atoms with Gasteiger partial charge in [0.25, 0.3) is 0 Å². The molecule has 3 nitrogen and oxygen atoms in total. The van der Waals surface area contributed by atoms with Gasteiger partial charge in [-0.15, -0.1) is 13.2 Å². The SMILES string of the molecule is C=CCC(N)(CC=C)c1c(O)cccc1O. The van der Waals surface area contributed by atoms with Gasteiger partial charge >= 0.3 is 0 Å². The lowest BCUT2D eigenvalue weighted by molar-refractivity contribution is 0.375. The normalized spacial score (nSPS) is 11.1. The fourth-order valence-corrected chi connectivity index (χ4v) is 1.84. The van der Waals surface area contributed by atoms with Crippen LogP contribution < -0.4 is 5.73 Å². The molecule has 3 heteroatoms. The van der Waals surface area contributed by atoms with Crippen molar-refractivity contribution in [2.24, 2.45) is 5.73 Å². The molecule has 0 heterocycles. The van der Waals surface area contributed by atoms with E-state index in [1.165, 1.54) is 12.1 Å². The zero-order chi connectivity index (χ0) is 12.2. The molecule has 0 aromatic heterocycles. The van der Waals surface area contributed by atoms with Gasteiger partial charge in [0.2, 0.25) is 0 Å². The number of nitrogens with two attached hydrogens (primary N) is 1. The molecule has 0 amide bonds. The summed E-state index contributed by atoms with van der Waals surface area (Å²) in [6.45, 7) is 7.27. The van der Waals surface area contributed by atoms with Gasteiger partial charge < -0.3 is 15.9 Å². The Morgan fingerprint density at radius 3 is 1.94 bits per heavy atom. The molecule has 1 aromatic rings. The Balaban J connectivity index is 3.29. The molecule has 16 heavy (non-hydrogen) atoms. The first kappa shape index (κ1) is 12.3. The van der Waals surface area contributed by atoms with Gasteiger partial charge in [-0.2, -0.15) is 0 Å². The summed E-state index contributed by atoms with van der Waals surface area (Å²) in [6.07, 6.45) is 4.22. The van der Waals surface area contributed by atoms with Crippen LogP contribution in [0.4, 0.5) is 0 Å². The van der Waals surface area contributed by atoms with Crippen LogP contribution in [-0.2, 0) is 5.54 Å². The molecule has 1 rings (SSSR count). The molecule has 0 aliphatic rings. The van der Waals surface area contributed by atoms with E-state index in [2.05, 4.69) is 13.2 Å². The van der Waals surface area contributed by atoms with E-state index >= 15 is 0 Å². The van der Waals surface area contributed by atoms with Gasteiger partial charge in [0.15, 0.2) is 0 Å². The number of hydrogen-bond donors (Lipinski definition) is 3. The first-order valence-electron chi connectivity index (χ1n) is 5.07. The summed E-state index contributed by atoms with van der Waals surface area (Å²) < 4.78 is 0. The van der Waals surface area contributed by atoms with Crippen LogP contribution in [0.5, 0.6) is 11.5 Å². The van der Waals surface area contributed by atoms with Gasteiger partial charge in [-0.05, 0) is 25.0 Å². The smallest absolute Gasteiger partial charge is 0.124 e. The Morgan fingerprint density at radius 2 is 1.56 bits per heavy atom. The van der Waals surface area contributed by atoms with Crippen molar-refractivity contribution in [3.63, 3.8) is 0 Å². The highest BCUT2D eigenvalue weighted by Gasteiger charge is 2.30. The van der Waals surface area contributed by atoms with E-state index < -0.39 is 5.54 Å². The largest absolute Gasteiger partial charge is 0.507 e. The van der Waals surface area contributed by atoms with Crippen molar-refractivity contribution in [2.45, 2.75) is 18.4 Å². The van der Waals surface area contributed by atoms with E-state index in [1.807, 2.05) is 0 Å². The second-order valence-electron chi connectivity index (χ2n) is 3.81. The van der Waals surface area contributed by atoms with Crippen LogP contribution in [0.3, 0.4) is 0 Å². The third kappa shape index (κ3) is 2.25. The maximum Gasteiger partial charge on any atom is 0.124 e. The molecule has 86 valence electrons. The predicted molar refractivity (Wildman–Crippen MR) is 65.3 cm³/mol. The lowest BCUT2D eigenvalue weighted by Gasteiger charge is -2.29. The minimum atomic E-state index is -0.862. The van der Waals surface area contributed by atoms with Crippen molar-refractivity contribution < 1.29 is 10.2 Å². The Kier molecular flexibility index (Phi) is 3.74. The molecule has 0 aliphatic carbocycles. The van der Waals surface area contributed by atoms with Crippen LogP contribution in [-0.4, -0.2) is 10.2 Å². The maximum atomic E-state index is 9.77. The van der Waals surface area contributed by atoms with Crippen molar-refractivity contribution in [1.29, 1.82) is 0 Å². The molecule has 0 radical (unpaired) electrons. The summed E-state index contributed by atoms with van der Waals surface area (Å²) in [5, 5.41) is 19.5. The van der Waals surface area contributed by atoms with Crippen LogP contribution in [0.2, 0.25) is 0 Å². The number of phenols is 2. The maximum absolute atomic E-state index is 9.77. The Labute approximate surface area is 95.5 Å². The van der Waals surface area contributed by atoms with Crippen molar-refractivity contribution >= 4 is 0 Å². The molecular weight excluding hydrogens is 202 g/mol. The third-order valence-corrected chi connectivity index (χ3v) is 2.54. The monoisotopic (exact) mass is 219 g/mol. The number of aromatic hydroxyl groups is 2. The second-order valence-corrected chi connectivity index (χ2v) is 3.81. The van der Waals surface area contributed by atoms with E-state index in [-0.39, 0.29) is 11.5 Å².